The third-order valence-corrected chi connectivity index (χ3v) is 2.16. The van der Waals surface area contributed by atoms with Gasteiger partial charge in [0.05, 0.1) is 6.61 Å². The summed E-state index contributed by atoms with van der Waals surface area (Å²) in [7, 11) is 0. The van der Waals surface area contributed by atoms with Gasteiger partial charge in [-0.3, -0.25) is 0 Å². The van der Waals surface area contributed by atoms with Crippen molar-refractivity contribution in [2.75, 3.05) is 12.5 Å². The van der Waals surface area contributed by atoms with E-state index in [2.05, 4.69) is 0 Å². The lowest BCUT2D eigenvalue weighted by molar-refractivity contribution is -0.183. The summed E-state index contributed by atoms with van der Waals surface area (Å²) in [6.07, 6.45) is -1.58. The lowest BCUT2D eigenvalue weighted by Crippen LogP contribution is -2.48. The van der Waals surface area contributed by atoms with Crippen LogP contribution >= 0.6 is 23.2 Å². The molecule has 0 saturated carbocycles. The summed E-state index contributed by atoms with van der Waals surface area (Å²) in [6, 6.07) is 0. The lowest BCUT2D eigenvalue weighted by atomic mass is 10.1. The van der Waals surface area contributed by atoms with Crippen LogP contribution in [-0.2, 0) is 4.74 Å². The van der Waals surface area contributed by atoms with E-state index in [4.69, 9.17) is 27.9 Å². The van der Waals surface area contributed by atoms with Crippen molar-refractivity contribution in [2.24, 2.45) is 0 Å². The largest absolute Gasteiger partial charge is 0.371 e. The average molecular weight is 253 g/mol. The zero-order chi connectivity index (χ0) is 11.4. The van der Waals surface area contributed by atoms with Gasteiger partial charge in [0.1, 0.15) is 6.10 Å². The maximum atomic E-state index is 13.2. The summed E-state index contributed by atoms with van der Waals surface area (Å²) in [5.41, 5.74) is 0. The summed E-state index contributed by atoms with van der Waals surface area (Å²) >= 11 is 10.2. The van der Waals surface area contributed by atoms with Gasteiger partial charge in [-0.15, -0.1) is 11.6 Å². The van der Waals surface area contributed by atoms with Gasteiger partial charge in [-0.05, 0) is 13.3 Å². The molecule has 0 rings (SSSR count). The van der Waals surface area contributed by atoms with E-state index in [0.29, 0.717) is 6.92 Å². The second kappa shape index (κ2) is 5.42. The minimum Gasteiger partial charge on any atom is -0.371 e. The Balaban J connectivity index is 4.49. The second-order valence-electron chi connectivity index (χ2n) is 2.97. The van der Waals surface area contributed by atoms with E-state index in [1.165, 1.54) is 6.92 Å². The van der Waals surface area contributed by atoms with E-state index >= 15 is 0 Å². The molecule has 0 aliphatic carbocycles. The number of hydrogen-bond acceptors (Lipinski definition) is 1. The number of hydrogen-bond donors (Lipinski definition) is 0. The fourth-order valence-electron chi connectivity index (χ4n) is 0.948. The first-order valence-corrected chi connectivity index (χ1v) is 5.11. The van der Waals surface area contributed by atoms with E-state index in [1.54, 1.807) is 0 Å². The molecule has 86 valence electrons. The van der Waals surface area contributed by atoms with E-state index in [-0.39, 0.29) is 18.9 Å². The Morgan fingerprint density at radius 2 is 1.86 bits per heavy atom. The van der Waals surface area contributed by atoms with Gasteiger partial charge in [-0.1, -0.05) is 18.5 Å². The van der Waals surface area contributed by atoms with Crippen LogP contribution in [0.5, 0.6) is 0 Å². The van der Waals surface area contributed by atoms with Gasteiger partial charge in [-0.2, -0.15) is 8.78 Å². The van der Waals surface area contributed by atoms with Gasteiger partial charge in [0.15, 0.2) is 0 Å². The van der Waals surface area contributed by atoms with Crippen molar-refractivity contribution in [3.05, 3.63) is 0 Å². The molecular formula is C8H13Cl2F3O. The highest BCUT2D eigenvalue weighted by atomic mass is 35.5. The first-order valence-electron chi connectivity index (χ1n) is 4.20. The maximum Gasteiger partial charge on any atom is 0.320 e. The fraction of sp³-hybridized carbons (Fsp3) is 1.00. The van der Waals surface area contributed by atoms with Crippen LogP contribution < -0.4 is 0 Å². The van der Waals surface area contributed by atoms with Crippen LogP contribution in [0.3, 0.4) is 0 Å². The quantitative estimate of drug-likeness (QED) is 0.657. The Hall–Kier alpha value is 0.330. The minimum atomic E-state index is -3.73. The van der Waals surface area contributed by atoms with Crippen LogP contribution in [-0.4, -0.2) is 29.6 Å². The van der Waals surface area contributed by atoms with Gasteiger partial charge in [0.2, 0.25) is 5.13 Å². The van der Waals surface area contributed by atoms with Crippen molar-refractivity contribution in [2.45, 2.75) is 37.4 Å². The molecule has 0 aromatic heterocycles. The van der Waals surface area contributed by atoms with Gasteiger partial charge < -0.3 is 4.74 Å². The van der Waals surface area contributed by atoms with Gasteiger partial charge in [0, 0.05) is 5.88 Å². The smallest absolute Gasteiger partial charge is 0.320 e. The van der Waals surface area contributed by atoms with Crippen molar-refractivity contribution in [1.29, 1.82) is 0 Å². The standard InChI is InChI=1S/C8H13Cl2F3O/c1-3-6(14-5-4-9)8(12,13)7(2,10)11/h6H,3-5H2,1-2H3. The zero-order valence-electron chi connectivity index (χ0n) is 8.00. The topological polar surface area (TPSA) is 9.23 Å². The monoisotopic (exact) mass is 252 g/mol. The van der Waals surface area contributed by atoms with Crippen molar-refractivity contribution < 1.29 is 17.9 Å². The molecule has 6 heteroatoms. The van der Waals surface area contributed by atoms with Crippen LogP contribution in [0.4, 0.5) is 13.2 Å². The summed E-state index contributed by atoms with van der Waals surface area (Å²) in [6.45, 7) is 2.03. The Bertz CT molecular complexity index is 170. The van der Waals surface area contributed by atoms with Gasteiger partial charge >= 0.3 is 5.92 Å². The molecule has 0 aromatic rings. The van der Waals surface area contributed by atoms with Crippen LogP contribution in [0, 0.1) is 0 Å². The molecule has 0 saturated heterocycles. The summed E-state index contributed by atoms with van der Waals surface area (Å²) < 4.78 is 44.1. The number of alkyl halides is 5. The number of rotatable bonds is 6. The molecule has 0 aliphatic rings. The Labute approximate surface area is 91.5 Å². The SMILES string of the molecule is CCC(OCCCl)C(F)(F)C(C)(F)Cl. The number of ether oxygens (including phenoxy) is 1. The Kier molecular flexibility index (Phi) is 5.55. The highest BCUT2D eigenvalue weighted by molar-refractivity contribution is 6.23. The lowest BCUT2D eigenvalue weighted by Gasteiger charge is -2.31. The number of halogens is 5. The van der Waals surface area contributed by atoms with E-state index in [1.807, 2.05) is 0 Å². The predicted octanol–water partition coefficient (Wildman–Crippen LogP) is 3.58. The molecule has 0 aliphatic heterocycles. The molecule has 0 N–H and O–H groups in total. The molecule has 0 spiro atoms. The van der Waals surface area contributed by atoms with Crippen LogP contribution in [0.1, 0.15) is 20.3 Å². The van der Waals surface area contributed by atoms with Gasteiger partial charge in [-0.25, -0.2) is 4.39 Å². The van der Waals surface area contributed by atoms with E-state index in [0.717, 1.165) is 0 Å². The molecule has 0 heterocycles. The average Bonchev–Trinajstić information content (AvgIpc) is 2.03. The summed E-state index contributed by atoms with van der Waals surface area (Å²) in [4.78, 5) is 0. The molecule has 2 unspecified atom stereocenters. The Morgan fingerprint density at radius 1 is 1.36 bits per heavy atom. The van der Waals surface area contributed by atoms with Crippen LogP contribution in [0.15, 0.2) is 0 Å². The molecule has 0 radical (unpaired) electrons. The van der Waals surface area contributed by atoms with Crippen LogP contribution in [0.25, 0.3) is 0 Å². The molecule has 0 fully saturated rings. The highest BCUT2D eigenvalue weighted by Crippen LogP contribution is 2.40. The molecule has 2 atom stereocenters. The normalized spacial score (nSPS) is 19.1. The van der Waals surface area contributed by atoms with E-state index < -0.39 is 17.2 Å². The maximum absolute atomic E-state index is 13.2. The van der Waals surface area contributed by atoms with Crippen molar-refractivity contribution >= 4 is 23.2 Å². The second-order valence-corrected chi connectivity index (χ2v) is 4.06. The molecule has 0 bridgehead atoms. The zero-order valence-corrected chi connectivity index (χ0v) is 9.51. The fourth-order valence-corrected chi connectivity index (χ4v) is 1.16. The minimum absolute atomic E-state index is 0.0316. The first-order chi connectivity index (χ1) is 6.27. The summed E-state index contributed by atoms with van der Waals surface area (Å²) in [5, 5.41) is -3.11. The molecule has 1 nitrogen and oxygen atoms in total. The van der Waals surface area contributed by atoms with Crippen molar-refractivity contribution in [3.8, 4) is 0 Å². The molecule has 0 amide bonds. The third kappa shape index (κ3) is 3.48. The van der Waals surface area contributed by atoms with Crippen LogP contribution in [0.2, 0.25) is 0 Å². The summed E-state index contributed by atoms with van der Waals surface area (Å²) in [5.74, 6) is -3.65. The molecular weight excluding hydrogens is 240 g/mol. The predicted molar refractivity (Wildman–Crippen MR) is 51.1 cm³/mol. The van der Waals surface area contributed by atoms with Gasteiger partial charge in [0.25, 0.3) is 0 Å². The first kappa shape index (κ1) is 14.3. The molecule has 14 heavy (non-hydrogen) atoms. The van der Waals surface area contributed by atoms with E-state index in [9.17, 15) is 13.2 Å². The molecule has 0 aromatic carbocycles. The van der Waals surface area contributed by atoms with Crippen molar-refractivity contribution in [3.63, 3.8) is 0 Å². The Morgan fingerprint density at radius 3 is 2.14 bits per heavy atom. The highest BCUT2D eigenvalue weighted by Gasteiger charge is 2.55. The third-order valence-electron chi connectivity index (χ3n) is 1.76. The van der Waals surface area contributed by atoms with Crippen molar-refractivity contribution in [1.82, 2.24) is 0 Å².